The lowest BCUT2D eigenvalue weighted by atomic mass is 10.0. The van der Waals surface area contributed by atoms with Gasteiger partial charge in [0.1, 0.15) is 11.6 Å². The molecule has 0 saturated carbocycles. The Kier molecular flexibility index (Phi) is 5.36. The number of nitrogens with zero attached hydrogens (tertiary/aromatic N) is 5. The number of ether oxygens (including phenoxy) is 1. The zero-order valence-electron chi connectivity index (χ0n) is 19.7. The molecule has 2 amide bonds. The summed E-state index contributed by atoms with van der Waals surface area (Å²) in [6, 6.07) is 5.65. The van der Waals surface area contributed by atoms with Crippen molar-refractivity contribution in [3.05, 3.63) is 36.2 Å². The third kappa shape index (κ3) is 4.08. The number of benzene rings is 1. The summed E-state index contributed by atoms with van der Waals surface area (Å²) in [4.78, 5) is 22.1. The van der Waals surface area contributed by atoms with Crippen LogP contribution in [0.3, 0.4) is 0 Å². The van der Waals surface area contributed by atoms with Gasteiger partial charge in [0.25, 0.3) is 0 Å². The first-order chi connectivity index (χ1) is 15.8. The van der Waals surface area contributed by atoms with E-state index in [9.17, 15) is 4.79 Å². The van der Waals surface area contributed by atoms with Crippen molar-refractivity contribution in [3.63, 3.8) is 0 Å². The van der Waals surface area contributed by atoms with Gasteiger partial charge in [0.2, 0.25) is 0 Å². The fourth-order valence-corrected chi connectivity index (χ4v) is 4.85. The topological polar surface area (TPSA) is 87.5 Å². The summed E-state index contributed by atoms with van der Waals surface area (Å²) < 4.78 is 7.55. The number of carbonyl (C=O) groups is 1. The molecule has 3 aromatic rings. The molecule has 1 saturated heterocycles. The summed E-state index contributed by atoms with van der Waals surface area (Å²) in [5, 5.41) is 12.0. The minimum absolute atomic E-state index is 0.0463. The fourth-order valence-electron chi connectivity index (χ4n) is 4.85. The first kappa shape index (κ1) is 21.5. The van der Waals surface area contributed by atoms with Crippen molar-refractivity contribution in [1.29, 1.82) is 0 Å². The second-order valence-electron chi connectivity index (χ2n) is 9.34. The summed E-state index contributed by atoms with van der Waals surface area (Å²) in [5.74, 6) is 1.35. The summed E-state index contributed by atoms with van der Waals surface area (Å²) in [7, 11) is 1.88. The van der Waals surface area contributed by atoms with Crippen LogP contribution in [0.15, 0.2) is 30.6 Å². The highest BCUT2D eigenvalue weighted by atomic mass is 16.5. The number of piperazine rings is 1. The third-order valence-corrected chi connectivity index (χ3v) is 6.27. The monoisotopic (exact) mass is 449 g/mol. The number of pyridine rings is 1. The molecule has 2 aliphatic rings. The van der Waals surface area contributed by atoms with Crippen LogP contribution >= 0.6 is 0 Å². The Bertz CT molecular complexity index is 1200. The number of rotatable bonds is 4. The number of aromatic nitrogens is 3. The molecular formula is C24H31N7O2. The molecule has 0 spiro atoms. The molecule has 33 heavy (non-hydrogen) atoms. The number of nitrogens with one attached hydrogen (secondary N) is 2. The number of hydrogen-bond acceptors (Lipinski definition) is 6. The van der Waals surface area contributed by atoms with E-state index in [1.54, 1.807) is 9.58 Å². The van der Waals surface area contributed by atoms with E-state index in [2.05, 4.69) is 45.5 Å². The average molecular weight is 450 g/mol. The van der Waals surface area contributed by atoms with Crippen molar-refractivity contribution in [2.75, 3.05) is 47.9 Å². The number of anilines is 3. The van der Waals surface area contributed by atoms with Crippen LogP contribution in [0, 0.1) is 0 Å². The molecule has 4 heterocycles. The number of urea groups is 1. The fraction of sp³-hybridized carbons (Fsp3) is 0.458. The highest BCUT2D eigenvalue weighted by Crippen LogP contribution is 2.36. The molecule has 0 unspecified atom stereocenters. The molecule has 174 valence electrons. The van der Waals surface area contributed by atoms with Crippen LogP contribution < -0.4 is 25.2 Å². The summed E-state index contributed by atoms with van der Waals surface area (Å²) in [6.45, 7) is 10.2. The highest BCUT2D eigenvalue weighted by Gasteiger charge is 2.33. The van der Waals surface area contributed by atoms with Gasteiger partial charge in [0, 0.05) is 73.9 Å². The molecule has 2 aromatic heterocycles. The lowest BCUT2D eigenvalue weighted by molar-refractivity contribution is 0.257. The van der Waals surface area contributed by atoms with Crippen molar-refractivity contribution in [1.82, 2.24) is 20.1 Å². The SMILES string of the molecule is CCOc1cc2nn(C)cc2cc1NC(=O)N1CCc2c(N3CCNC(C)(C)C3)ccnc21. The van der Waals surface area contributed by atoms with Crippen molar-refractivity contribution in [3.8, 4) is 5.75 Å². The van der Waals surface area contributed by atoms with Crippen molar-refractivity contribution in [2.45, 2.75) is 32.7 Å². The van der Waals surface area contributed by atoms with Gasteiger partial charge in [0.15, 0.2) is 0 Å². The molecule has 9 nitrogen and oxygen atoms in total. The largest absolute Gasteiger partial charge is 0.492 e. The molecule has 1 aromatic carbocycles. The van der Waals surface area contributed by atoms with Crippen LogP contribution in [0.25, 0.3) is 10.9 Å². The van der Waals surface area contributed by atoms with Gasteiger partial charge in [-0.3, -0.25) is 9.58 Å². The number of aryl methyl sites for hydroxylation is 1. The first-order valence-electron chi connectivity index (χ1n) is 11.5. The lowest BCUT2D eigenvalue weighted by Crippen LogP contribution is -2.57. The van der Waals surface area contributed by atoms with E-state index in [1.807, 2.05) is 38.5 Å². The van der Waals surface area contributed by atoms with E-state index < -0.39 is 0 Å². The Hall–Kier alpha value is -3.33. The second kappa shape index (κ2) is 8.22. The Balaban J connectivity index is 1.41. The van der Waals surface area contributed by atoms with E-state index in [0.29, 0.717) is 24.6 Å². The van der Waals surface area contributed by atoms with Crippen molar-refractivity contribution >= 4 is 34.1 Å². The van der Waals surface area contributed by atoms with Gasteiger partial charge in [-0.25, -0.2) is 9.78 Å². The normalized spacial score (nSPS) is 17.3. The molecule has 0 aliphatic carbocycles. The first-order valence-corrected chi connectivity index (χ1v) is 11.5. The van der Waals surface area contributed by atoms with Gasteiger partial charge >= 0.3 is 6.03 Å². The summed E-state index contributed by atoms with van der Waals surface area (Å²) in [5.41, 5.74) is 3.83. The molecule has 2 N–H and O–H groups in total. The van der Waals surface area contributed by atoms with Crippen molar-refractivity contribution in [2.24, 2.45) is 7.05 Å². The second-order valence-corrected chi connectivity index (χ2v) is 9.34. The van der Waals surface area contributed by atoms with Gasteiger partial charge in [-0.2, -0.15) is 5.10 Å². The molecular weight excluding hydrogens is 418 g/mol. The standard InChI is InChI=1S/C24H31N7O2/c1-5-33-21-13-18-16(14-29(4)28-18)12-19(21)27-23(32)31-10-7-17-20(6-8-25-22(17)31)30-11-9-26-24(2,3)15-30/h6,8,12-14,26H,5,7,9-11,15H2,1-4H3,(H,27,32). The number of hydrogen-bond donors (Lipinski definition) is 2. The average Bonchev–Trinajstić information content (AvgIpc) is 3.35. The number of amides is 2. The quantitative estimate of drug-likeness (QED) is 0.636. The molecule has 0 atom stereocenters. The van der Waals surface area contributed by atoms with Crippen LogP contribution in [0.1, 0.15) is 26.3 Å². The highest BCUT2D eigenvalue weighted by molar-refractivity contribution is 6.05. The zero-order chi connectivity index (χ0) is 23.2. The summed E-state index contributed by atoms with van der Waals surface area (Å²) in [6.07, 6.45) is 4.52. The van der Waals surface area contributed by atoms with E-state index in [0.717, 1.165) is 48.3 Å². The van der Waals surface area contributed by atoms with Gasteiger partial charge in [-0.1, -0.05) is 0 Å². The predicted octanol–water partition coefficient (Wildman–Crippen LogP) is 3.15. The maximum atomic E-state index is 13.3. The Morgan fingerprint density at radius 2 is 2.15 bits per heavy atom. The van der Waals surface area contributed by atoms with Crippen LogP contribution in [-0.2, 0) is 13.5 Å². The van der Waals surface area contributed by atoms with Crippen LogP contribution in [-0.4, -0.2) is 59.1 Å². The third-order valence-electron chi connectivity index (χ3n) is 6.27. The molecule has 1 fully saturated rings. The molecule has 0 bridgehead atoms. The van der Waals surface area contributed by atoms with Crippen LogP contribution in [0.2, 0.25) is 0 Å². The van der Waals surface area contributed by atoms with E-state index >= 15 is 0 Å². The van der Waals surface area contributed by atoms with Crippen LogP contribution in [0.5, 0.6) is 5.75 Å². The Labute approximate surface area is 193 Å². The molecule has 5 rings (SSSR count). The predicted molar refractivity (Wildman–Crippen MR) is 130 cm³/mol. The molecule has 9 heteroatoms. The minimum Gasteiger partial charge on any atom is -0.492 e. The van der Waals surface area contributed by atoms with Gasteiger partial charge in [0.05, 0.1) is 17.8 Å². The molecule has 0 radical (unpaired) electrons. The Morgan fingerprint density at radius 3 is 2.94 bits per heavy atom. The van der Waals surface area contributed by atoms with Gasteiger partial charge < -0.3 is 20.3 Å². The van der Waals surface area contributed by atoms with E-state index in [-0.39, 0.29) is 11.6 Å². The number of carbonyl (C=O) groups excluding carboxylic acids is 1. The summed E-state index contributed by atoms with van der Waals surface area (Å²) >= 11 is 0. The maximum absolute atomic E-state index is 13.3. The van der Waals surface area contributed by atoms with Gasteiger partial charge in [-0.05, 0) is 39.3 Å². The Morgan fingerprint density at radius 1 is 1.30 bits per heavy atom. The minimum atomic E-state index is -0.205. The van der Waals surface area contributed by atoms with E-state index in [4.69, 9.17) is 4.74 Å². The van der Waals surface area contributed by atoms with Gasteiger partial charge in [-0.15, -0.1) is 0 Å². The zero-order valence-corrected chi connectivity index (χ0v) is 19.7. The van der Waals surface area contributed by atoms with Crippen molar-refractivity contribution < 1.29 is 9.53 Å². The smallest absolute Gasteiger partial charge is 0.327 e. The number of fused-ring (bicyclic) bond motifs is 2. The molecule has 2 aliphatic heterocycles. The lowest BCUT2D eigenvalue weighted by Gasteiger charge is -2.41. The van der Waals surface area contributed by atoms with Crippen LogP contribution in [0.4, 0.5) is 22.0 Å². The van der Waals surface area contributed by atoms with E-state index in [1.165, 1.54) is 5.69 Å². The maximum Gasteiger partial charge on any atom is 0.327 e.